The molecular formula is C21H20F3N3O. The first-order valence-electron chi connectivity index (χ1n) is 9.16. The van der Waals surface area contributed by atoms with Crippen molar-refractivity contribution in [3.05, 3.63) is 59.7 Å². The Morgan fingerprint density at radius 2 is 1.79 bits per heavy atom. The van der Waals surface area contributed by atoms with Crippen molar-refractivity contribution in [3.8, 4) is 22.7 Å². The number of rotatable bonds is 3. The fraction of sp³-hybridized carbons (Fsp3) is 0.286. The number of ether oxygens (including phenoxy) is 1. The number of methoxy groups -OCH3 is 1. The summed E-state index contributed by atoms with van der Waals surface area (Å²) in [5.41, 5.74) is 2.63. The summed E-state index contributed by atoms with van der Waals surface area (Å²) in [5.74, 6) is 1.55. The van der Waals surface area contributed by atoms with Gasteiger partial charge in [-0.1, -0.05) is 12.1 Å². The van der Waals surface area contributed by atoms with Gasteiger partial charge in [0.1, 0.15) is 17.3 Å². The molecule has 0 amide bonds. The molecule has 146 valence electrons. The smallest absolute Gasteiger partial charge is 0.416 e. The number of nitrogens with one attached hydrogen (secondary N) is 1. The molecule has 0 unspecified atom stereocenters. The Bertz CT molecular complexity index is 978. The lowest BCUT2D eigenvalue weighted by Crippen LogP contribution is -2.08. The molecule has 0 saturated carbocycles. The van der Waals surface area contributed by atoms with E-state index in [2.05, 4.69) is 5.32 Å². The number of benzene rings is 2. The van der Waals surface area contributed by atoms with E-state index in [1.54, 1.807) is 11.8 Å². The van der Waals surface area contributed by atoms with E-state index in [-0.39, 0.29) is 0 Å². The second-order valence-corrected chi connectivity index (χ2v) is 6.72. The molecule has 0 bridgehead atoms. The predicted octanol–water partition coefficient (Wildman–Crippen LogP) is 5.31. The van der Waals surface area contributed by atoms with Crippen LogP contribution in [0.15, 0.2) is 48.5 Å². The Morgan fingerprint density at radius 3 is 2.50 bits per heavy atom. The van der Waals surface area contributed by atoms with Gasteiger partial charge in [-0.3, -0.25) is 0 Å². The Balaban J connectivity index is 1.86. The van der Waals surface area contributed by atoms with Gasteiger partial charge in [-0.2, -0.15) is 18.3 Å². The highest BCUT2D eigenvalue weighted by molar-refractivity contribution is 5.75. The molecule has 1 N–H and O–H groups in total. The van der Waals surface area contributed by atoms with Crippen molar-refractivity contribution in [2.45, 2.75) is 25.4 Å². The van der Waals surface area contributed by atoms with Crippen molar-refractivity contribution in [2.24, 2.45) is 0 Å². The molecule has 1 aliphatic heterocycles. The van der Waals surface area contributed by atoms with Gasteiger partial charge in [-0.25, -0.2) is 4.68 Å². The summed E-state index contributed by atoms with van der Waals surface area (Å²) in [7, 11) is 1.61. The number of nitrogens with zero attached hydrogens (tertiary/aromatic N) is 2. The van der Waals surface area contributed by atoms with Crippen LogP contribution in [0.2, 0.25) is 0 Å². The van der Waals surface area contributed by atoms with Crippen LogP contribution >= 0.6 is 0 Å². The maximum Gasteiger partial charge on any atom is 0.416 e. The molecule has 0 radical (unpaired) electrons. The molecule has 2 heterocycles. The maximum atomic E-state index is 12.9. The lowest BCUT2D eigenvalue weighted by atomic mass is 10.0. The molecule has 3 aromatic rings. The molecule has 1 aliphatic rings. The molecule has 2 aromatic carbocycles. The first-order chi connectivity index (χ1) is 13.5. The summed E-state index contributed by atoms with van der Waals surface area (Å²) in [6.45, 7) is 0.796. The van der Waals surface area contributed by atoms with Crippen LogP contribution in [0.4, 0.5) is 19.0 Å². The summed E-state index contributed by atoms with van der Waals surface area (Å²) in [5, 5.41) is 8.17. The van der Waals surface area contributed by atoms with Gasteiger partial charge in [0.2, 0.25) is 0 Å². The number of para-hydroxylation sites is 1. The first kappa shape index (κ1) is 18.4. The van der Waals surface area contributed by atoms with Crippen LogP contribution in [0, 0.1) is 0 Å². The predicted molar refractivity (Wildman–Crippen MR) is 102 cm³/mol. The van der Waals surface area contributed by atoms with E-state index in [9.17, 15) is 13.2 Å². The van der Waals surface area contributed by atoms with E-state index in [0.717, 1.165) is 60.6 Å². The monoisotopic (exact) mass is 387 g/mol. The minimum absolute atomic E-state index is 0.583. The second kappa shape index (κ2) is 7.22. The molecule has 0 fully saturated rings. The largest absolute Gasteiger partial charge is 0.496 e. The number of fused-ring (bicyclic) bond motifs is 1. The van der Waals surface area contributed by atoms with Gasteiger partial charge in [0.15, 0.2) is 0 Å². The number of hydrogen-bond acceptors (Lipinski definition) is 3. The molecule has 0 atom stereocenters. The van der Waals surface area contributed by atoms with Gasteiger partial charge in [0.05, 0.1) is 18.4 Å². The van der Waals surface area contributed by atoms with Gasteiger partial charge in [0, 0.05) is 17.7 Å². The molecule has 4 rings (SSSR count). The average molecular weight is 387 g/mol. The van der Waals surface area contributed by atoms with Gasteiger partial charge in [0.25, 0.3) is 0 Å². The van der Waals surface area contributed by atoms with E-state index >= 15 is 0 Å². The third kappa shape index (κ3) is 3.32. The van der Waals surface area contributed by atoms with E-state index in [1.165, 1.54) is 12.1 Å². The van der Waals surface area contributed by atoms with Crippen LogP contribution in [0.25, 0.3) is 16.9 Å². The fourth-order valence-corrected chi connectivity index (χ4v) is 3.54. The fourth-order valence-electron chi connectivity index (χ4n) is 3.54. The maximum absolute atomic E-state index is 12.9. The number of alkyl halides is 3. The van der Waals surface area contributed by atoms with Gasteiger partial charge >= 0.3 is 6.18 Å². The third-order valence-electron chi connectivity index (χ3n) is 4.93. The zero-order valence-electron chi connectivity index (χ0n) is 15.4. The van der Waals surface area contributed by atoms with Crippen LogP contribution in [0.3, 0.4) is 0 Å². The first-order valence-corrected chi connectivity index (χ1v) is 9.16. The SMILES string of the molecule is COc1ccccc1-c1nn(-c2ccc(C(F)(F)F)cc2)c2c1CCCCN2. The number of hydrogen-bond donors (Lipinski definition) is 1. The van der Waals surface area contributed by atoms with Crippen LogP contribution in [-0.2, 0) is 12.6 Å². The van der Waals surface area contributed by atoms with Crippen LogP contribution in [-0.4, -0.2) is 23.4 Å². The molecular weight excluding hydrogens is 367 g/mol. The Hall–Kier alpha value is -2.96. The van der Waals surface area contributed by atoms with Crippen molar-refractivity contribution in [1.82, 2.24) is 9.78 Å². The topological polar surface area (TPSA) is 39.1 Å². The molecule has 28 heavy (non-hydrogen) atoms. The minimum Gasteiger partial charge on any atom is -0.496 e. The number of halogens is 3. The zero-order chi connectivity index (χ0) is 19.7. The Morgan fingerprint density at radius 1 is 1.04 bits per heavy atom. The van der Waals surface area contributed by atoms with Crippen LogP contribution in [0.5, 0.6) is 5.75 Å². The summed E-state index contributed by atoms with van der Waals surface area (Å²) in [6, 6.07) is 12.7. The lowest BCUT2D eigenvalue weighted by molar-refractivity contribution is -0.137. The van der Waals surface area contributed by atoms with Gasteiger partial charge in [-0.15, -0.1) is 0 Å². The van der Waals surface area contributed by atoms with Crippen molar-refractivity contribution in [3.63, 3.8) is 0 Å². The Kier molecular flexibility index (Phi) is 4.75. The van der Waals surface area contributed by atoms with Crippen LogP contribution < -0.4 is 10.1 Å². The van der Waals surface area contributed by atoms with Crippen molar-refractivity contribution >= 4 is 5.82 Å². The molecule has 7 heteroatoms. The van der Waals surface area contributed by atoms with E-state index in [4.69, 9.17) is 9.84 Å². The van der Waals surface area contributed by atoms with Gasteiger partial charge in [-0.05, 0) is 55.7 Å². The lowest BCUT2D eigenvalue weighted by Gasteiger charge is -2.11. The quantitative estimate of drug-likeness (QED) is 0.662. The van der Waals surface area contributed by atoms with Gasteiger partial charge < -0.3 is 10.1 Å². The van der Waals surface area contributed by atoms with E-state index < -0.39 is 11.7 Å². The summed E-state index contributed by atoms with van der Waals surface area (Å²) in [4.78, 5) is 0. The number of anilines is 1. The third-order valence-corrected chi connectivity index (χ3v) is 4.93. The highest BCUT2D eigenvalue weighted by Crippen LogP contribution is 2.38. The minimum atomic E-state index is -4.36. The zero-order valence-corrected chi connectivity index (χ0v) is 15.4. The average Bonchev–Trinajstić information content (AvgIpc) is 2.88. The van der Waals surface area contributed by atoms with Crippen LogP contribution in [0.1, 0.15) is 24.0 Å². The normalized spacial score (nSPS) is 14.1. The van der Waals surface area contributed by atoms with E-state index in [1.807, 2.05) is 24.3 Å². The standard InChI is InChI=1S/C21H20F3N3O/c1-28-18-8-3-2-6-16(18)19-17-7-4-5-13-25-20(17)27(26-19)15-11-9-14(10-12-15)21(22,23)24/h2-3,6,8-12,25H,4-5,7,13H2,1H3. The Labute approximate surface area is 160 Å². The molecule has 0 aliphatic carbocycles. The number of aromatic nitrogens is 2. The molecule has 4 nitrogen and oxygen atoms in total. The van der Waals surface area contributed by atoms with Crippen molar-refractivity contribution in [2.75, 3.05) is 19.0 Å². The summed E-state index contributed by atoms with van der Waals surface area (Å²) < 4.78 is 45.9. The summed E-state index contributed by atoms with van der Waals surface area (Å²) >= 11 is 0. The van der Waals surface area contributed by atoms with E-state index in [0.29, 0.717) is 11.4 Å². The van der Waals surface area contributed by atoms with Crippen molar-refractivity contribution < 1.29 is 17.9 Å². The highest BCUT2D eigenvalue weighted by Gasteiger charge is 2.30. The molecule has 0 spiro atoms. The van der Waals surface area contributed by atoms with Crippen molar-refractivity contribution in [1.29, 1.82) is 0 Å². The highest BCUT2D eigenvalue weighted by atomic mass is 19.4. The second-order valence-electron chi connectivity index (χ2n) is 6.72. The summed E-state index contributed by atoms with van der Waals surface area (Å²) in [6.07, 6.45) is -1.48. The molecule has 1 aromatic heterocycles. The molecule has 0 saturated heterocycles.